The lowest BCUT2D eigenvalue weighted by molar-refractivity contribution is -0.127. The van der Waals surface area contributed by atoms with Crippen LogP contribution in [0.2, 0.25) is 0 Å². The van der Waals surface area contributed by atoms with E-state index >= 15 is 0 Å². The lowest BCUT2D eigenvalue weighted by atomic mass is 10.4. The van der Waals surface area contributed by atoms with E-state index in [1.54, 1.807) is 0 Å². The molecule has 1 saturated heterocycles. The van der Waals surface area contributed by atoms with Gasteiger partial charge in [-0.15, -0.1) is 0 Å². The molecule has 2 aliphatic rings. The van der Waals surface area contributed by atoms with Gasteiger partial charge >= 0.3 is 0 Å². The molecule has 0 spiro atoms. The molecule has 2 N–H and O–H groups in total. The van der Waals surface area contributed by atoms with Gasteiger partial charge in [-0.3, -0.25) is 9.79 Å². The second kappa shape index (κ2) is 10.5. The number of carbonyl (C=O) groups is 1. The second-order valence-corrected chi connectivity index (χ2v) is 6.40. The Balaban J connectivity index is 1.52. The number of nitrogens with one attached hydrogen (secondary N) is 2. The Labute approximate surface area is 140 Å². The summed E-state index contributed by atoms with van der Waals surface area (Å²) < 4.78 is 5.63. The number of hydrogen-bond donors (Lipinski definition) is 2. The van der Waals surface area contributed by atoms with Gasteiger partial charge in [-0.05, 0) is 44.9 Å². The number of nitrogens with zero attached hydrogens (tertiary/aromatic N) is 2. The van der Waals surface area contributed by atoms with Gasteiger partial charge in [0.2, 0.25) is 5.91 Å². The molecule has 0 aromatic heterocycles. The van der Waals surface area contributed by atoms with Crippen molar-refractivity contribution < 1.29 is 9.53 Å². The molecular formula is C17H32N4O2. The van der Waals surface area contributed by atoms with E-state index in [0.717, 1.165) is 83.5 Å². The number of guanidine groups is 1. The SMILES string of the molecule is CCNC(=NCCCN1CCCC1=O)NCCCOCC1CC1. The van der Waals surface area contributed by atoms with E-state index < -0.39 is 0 Å². The van der Waals surface area contributed by atoms with Gasteiger partial charge in [0.25, 0.3) is 0 Å². The summed E-state index contributed by atoms with van der Waals surface area (Å²) in [6, 6.07) is 0. The molecule has 1 aliphatic heterocycles. The molecule has 6 nitrogen and oxygen atoms in total. The summed E-state index contributed by atoms with van der Waals surface area (Å²) in [7, 11) is 0. The number of hydrogen-bond acceptors (Lipinski definition) is 3. The normalized spacial score (nSPS) is 18.6. The minimum absolute atomic E-state index is 0.296. The van der Waals surface area contributed by atoms with Crippen molar-refractivity contribution in [2.24, 2.45) is 10.9 Å². The van der Waals surface area contributed by atoms with Crippen LogP contribution < -0.4 is 10.6 Å². The van der Waals surface area contributed by atoms with Crippen molar-refractivity contribution in [3.63, 3.8) is 0 Å². The zero-order chi connectivity index (χ0) is 16.3. The van der Waals surface area contributed by atoms with Gasteiger partial charge in [-0.25, -0.2) is 0 Å². The fourth-order valence-corrected chi connectivity index (χ4v) is 2.65. The lowest BCUT2D eigenvalue weighted by Crippen LogP contribution is -2.38. The van der Waals surface area contributed by atoms with Crippen LogP contribution in [0.3, 0.4) is 0 Å². The number of ether oxygens (including phenoxy) is 1. The van der Waals surface area contributed by atoms with Crippen molar-refractivity contribution in [3.8, 4) is 0 Å². The van der Waals surface area contributed by atoms with E-state index in [0.29, 0.717) is 5.91 Å². The number of carbonyl (C=O) groups excluding carboxylic acids is 1. The molecule has 1 amide bonds. The van der Waals surface area contributed by atoms with Crippen LogP contribution in [0.25, 0.3) is 0 Å². The van der Waals surface area contributed by atoms with Crippen LogP contribution in [0.5, 0.6) is 0 Å². The maximum atomic E-state index is 11.5. The first kappa shape index (κ1) is 18.0. The summed E-state index contributed by atoms with van der Waals surface area (Å²) in [5.41, 5.74) is 0. The highest BCUT2D eigenvalue weighted by atomic mass is 16.5. The zero-order valence-corrected chi connectivity index (χ0v) is 14.5. The molecule has 23 heavy (non-hydrogen) atoms. The van der Waals surface area contributed by atoms with Gasteiger partial charge in [-0.1, -0.05) is 0 Å². The maximum absolute atomic E-state index is 11.5. The number of aliphatic imine (C=N–C) groups is 1. The predicted molar refractivity (Wildman–Crippen MR) is 92.6 cm³/mol. The smallest absolute Gasteiger partial charge is 0.222 e. The molecule has 132 valence electrons. The highest BCUT2D eigenvalue weighted by Gasteiger charge is 2.21. The molecular weight excluding hydrogens is 292 g/mol. The maximum Gasteiger partial charge on any atom is 0.222 e. The van der Waals surface area contributed by atoms with E-state index in [4.69, 9.17) is 4.74 Å². The molecule has 2 fully saturated rings. The highest BCUT2D eigenvalue weighted by Crippen LogP contribution is 2.28. The van der Waals surface area contributed by atoms with Crippen molar-refractivity contribution >= 4 is 11.9 Å². The third-order valence-corrected chi connectivity index (χ3v) is 4.18. The van der Waals surface area contributed by atoms with E-state index in [2.05, 4.69) is 22.5 Å². The standard InChI is InChI=1S/C17H32N4O2/c1-2-18-17(20-10-5-13-23-14-15-7-8-15)19-9-4-12-21-11-3-6-16(21)22/h15H,2-14H2,1H3,(H2,18,19,20). The first-order valence-electron chi connectivity index (χ1n) is 9.17. The summed E-state index contributed by atoms with van der Waals surface area (Å²) in [5, 5.41) is 6.60. The van der Waals surface area contributed by atoms with Crippen LogP contribution in [0.15, 0.2) is 4.99 Å². The quantitative estimate of drug-likeness (QED) is 0.342. The van der Waals surface area contributed by atoms with Gasteiger partial charge in [0.05, 0.1) is 0 Å². The van der Waals surface area contributed by atoms with Crippen molar-refractivity contribution in [2.75, 3.05) is 45.9 Å². The van der Waals surface area contributed by atoms with Gasteiger partial charge in [0, 0.05) is 52.4 Å². The average Bonchev–Trinajstić information content (AvgIpc) is 3.28. The fraction of sp³-hybridized carbons (Fsp3) is 0.882. The highest BCUT2D eigenvalue weighted by molar-refractivity contribution is 5.79. The molecule has 0 unspecified atom stereocenters. The predicted octanol–water partition coefficient (Wildman–Crippen LogP) is 1.37. The van der Waals surface area contributed by atoms with Gasteiger partial charge < -0.3 is 20.3 Å². The summed E-state index contributed by atoms with van der Waals surface area (Å²) in [6.07, 6.45) is 6.34. The molecule has 0 atom stereocenters. The Hall–Kier alpha value is -1.30. The number of likely N-dealkylation sites (tertiary alicyclic amines) is 1. The fourth-order valence-electron chi connectivity index (χ4n) is 2.65. The summed E-state index contributed by atoms with van der Waals surface area (Å²) in [4.78, 5) is 18.1. The monoisotopic (exact) mass is 324 g/mol. The number of amides is 1. The average molecular weight is 324 g/mol. The summed E-state index contributed by atoms with van der Waals surface area (Å²) >= 11 is 0. The Morgan fingerprint density at radius 2 is 2.22 bits per heavy atom. The van der Waals surface area contributed by atoms with E-state index in [9.17, 15) is 4.79 Å². The third-order valence-electron chi connectivity index (χ3n) is 4.18. The van der Waals surface area contributed by atoms with Crippen LogP contribution in [0.1, 0.15) is 45.4 Å². The molecule has 1 aliphatic carbocycles. The summed E-state index contributed by atoms with van der Waals surface area (Å²) in [5.74, 6) is 2.00. The van der Waals surface area contributed by atoms with E-state index in [-0.39, 0.29) is 0 Å². The zero-order valence-electron chi connectivity index (χ0n) is 14.5. The Bertz CT molecular complexity index is 383. The van der Waals surface area contributed by atoms with E-state index in [1.165, 1.54) is 12.8 Å². The van der Waals surface area contributed by atoms with Crippen molar-refractivity contribution in [1.82, 2.24) is 15.5 Å². The topological polar surface area (TPSA) is 66.0 Å². The van der Waals surface area contributed by atoms with Crippen LogP contribution in [0.4, 0.5) is 0 Å². The van der Waals surface area contributed by atoms with Crippen LogP contribution in [0, 0.1) is 5.92 Å². The van der Waals surface area contributed by atoms with Crippen molar-refractivity contribution in [3.05, 3.63) is 0 Å². The van der Waals surface area contributed by atoms with Crippen molar-refractivity contribution in [1.29, 1.82) is 0 Å². The van der Waals surface area contributed by atoms with Crippen LogP contribution in [-0.4, -0.2) is 62.7 Å². The molecule has 1 heterocycles. The molecule has 0 aromatic rings. The first-order chi connectivity index (χ1) is 11.3. The largest absolute Gasteiger partial charge is 0.381 e. The van der Waals surface area contributed by atoms with Gasteiger partial charge in [0.1, 0.15) is 0 Å². The lowest BCUT2D eigenvalue weighted by Gasteiger charge is -2.15. The minimum atomic E-state index is 0.296. The number of rotatable bonds is 11. The minimum Gasteiger partial charge on any atom is -0.381 e. The molecule has 0 aromatic carbocycles. The van der Waals surface area contributed by atoms with Gasteiger partial charge in [0.15, 0.2) is 5.96 Å². The third kappa shape index (κ3) is 7.68. The molecule has 2 rings (SSSR count). The summed E-state index contributed by atoms with van der Waals surface area (Å²) in [6.45, 7) is 8.05. The van der Waals surface area contributed by atoms with Crippen molar-refractivity contribution in [2.45, 2.75) is 45.4 Å². The Morgan fingerprint density at radius 1 is 1.35 bits per heavy atom. The Kier molecular flexibility index (Phi) is 8.21. The van der Waals surface area contributed by atoms with Crippen LogP contribution in [-0.2, 0) is 9.53 Å². The van der Waals surface area contributed by atoms with E-state index in [1.807, 2.05) is 4.90 Å². The first-order valence-corrected chi connectivity index (χ1v) is 9.17. The molecule has 0 radical (unpaired) electrons. The molecule has 1 saturated carbocycles. The van der Waals surface area contributed by atoms with Gasteiger partial charge in [-0.2, -0.15) is 0 Å². The van der Waals surface area contributed by atoms with Crippen LogP contribution >= 0.6 is 0 Å². The second-order valence-electron chi connectivity index (χ2n) is 6.40. The molecule has 6 heteroatoms. The Morgan fingerprint density at radius 3 is 2.91 bits per heavy atom. The molecule has 0 bridgehead atoms.